The number of halogens is 5. The first-order valence-corrected chi connectivity index (χ1v) is 30.2. The van der Waals surface area contributed by atoms with Crippen LogP contribution in [0.15, 0.2) is 109 Å². The number of rotatable bonds is 15. The van der Waals surface area contributed by atoms with Crippen molar-refractivity contribution >= 4 is 140 Å². The number of hydrogen-bond acceptors (Lipinski definition) is 21. The molecule has 0 spiro atoms. The highest BCUT2D eigenvalue weighted by molar-refractivity contribution is 6.64. The second-order valence-corrected chi connectivity index (χ2v) is 23.1. The molecule has 92 heavy (non-hydrogen) atoms. The normalized spacial score (nSPS) is 13.6. The number of piperazine rings is 3. The Morgan fingerprint density at radius 3 is 1.05 bits per heavy atom. The Morgan fingerprint density at radius 2 is 0.772 bits per heavy atom. The highest BCUT2D eigenvalue weighted by Gasteiger charge is 2.26. The number of hydrogen-bond donors (Lipinski definition) is 3. The third-order valence-electron chi connectivity index (χ3n) is 13.4. The van der Waals surface area contributed by atoms with Gasteiger partial charge in [0.05, 0.1) is 19.3 Å². The summed E-state index contributed by atoms with van der Waals surface area (Å²) in [5.74, 6) is 1.12. The Kier molecular flexibility index (Phi) is 29.8. The van der Waals surface area contributed by atoms with Gasteiger partial charge in [-0.3, -0.25) is 38.9 Å². The molecule has 0 bridgehead atoms. The van der Waals surface area contributed by atoms with E-state index in [4.69, 9.17) is 56.9 Å². The fourth-order valence-corrected chi connectivity index (χ4v) is 9.20. The van der Waals surface area contributed by atoms with Gasteiger partial charge < -0.3 is 54.7 Å². The molecule has 31 heteroatoms. The number of esters is 2. The zero-order chi connectivity index (χ0) is 66.0. The monoisotopic (exact) mass is 1370 g/mol. The van der Waals surface area contributed by atoms with E-state index in [1.165, 1.54) is 13.8 Å². The van der Waals surface area contributed by atoms with Crippen molar-refractivity contribution in [3.63, 3.8) is 0 Å². The van der Waals surface area contributed by atoms with Gasteiger partial charge in [0.2, 0.25) is 17.7 Å². The molecule has 6 aromatic rings. The van der Waals surface area contributed by atoms with E-state index in [2.05, 4.69) is 65.4 Å². The molecule has 0 atom stereocenters. The van der Waals surface area contributed by atoms with E-state index in [1.807, 2.05) is 90.1 Å². The average molecular weight is 1370 g/mol. The molecule has 0 saturated carbocycles. The zero-order valence-electron chi connectivity index (χ0n) is 51.3. The molecule has 6 heterocycles. The van der Waals surface area contributed by atoms with Crippen molar-refractivity contribution in [2.45, 2.75) is 59.5 Å². The number of aromatic nitrogens is 6. The summed E-state index contributed by atoms with van der Waals surface area (Å²) in [6.07, 6.45) is 0.492. The second kappa shape index (κ2) is 37.0. The summed E-state index contributed by atoms with van der Waals surface area (Å²) in [5, 5.41) is 29.6. The quantitative estimate of drug-likeness (QED) is 0.0395. The first kappa shape index (κ1) is 74.0. The van der Waals surface area contributed by atoms with E-state index in [1.54, 1.807) is 54.6 Å². The van der Waals surface area contributed by atoms with E-state index >= 15 is 0 Å². The lowest BCUT2D eigenvalue weighted by atomic mass is 10.1. The zero-order valence-corrected chi connectivity index (χ0v) is 55.1. The number of benzene rings is 3. The van der Waals surface area contributed by atoms with Gasteiger partial charge in [0, 0.05) is 109 Å². The molecule has 4 N–H and O–H groups in total. The van der Waals surface area contributed by atoms with E-state index < -0.39 is 34.8 Å². The molecule has 0 unspecified atom stereocenters. The molecule has 3 aliphatic rings. The number of nitrogens with two attached hydrogens (primary N) is 1. The molecule has 5 amide bonds. The number of nitrogens with one attached hydrogen (secondary N) is 2. The van der Waals surface area contributed by atoms with Crippen molar-refractivity contribution < 1.29 is 52.6 Å². The Bertz CT molecular complexity index is 3360. The highest BCUT2D eigenvalue weighted by atomic mass is 35.5. The molecule has 3 aliphatic heterocycles. The molecule has 0 aliphatic carbocycles. The van der Waals surface area contributed by atoms with E-state index in [0.29, 0.717) is 111 Å². The van der Waals surface area contributed by atoms with Crippen LogP contribution < -0.4 is 31.1 Å². The van der Waals surface area contributed by atoms with Crippen LogP contribution in [0.5, 0.6) is 0 Å². The summed E-state index contributed by atoms with van der Waals surface area (Å²) >= 11 is 22.1. The summed E-state index contributed by atoms with van der Waals surface area (Å²) in [5.41, 5.74) is 9.73. The van der Waals surface area contributed by atoms with Gasteiger partial charge in [0.25, 0.3) is 11.1 Å². The Hall–Kier alpha value is -8.69. The fourth-order valence-electron chi connectivity index (χ4n) is 8.84. The Balaban J connectivity index is 0.000000236. The number of anilines is 6. The summed E-state index contributed by atoms with van der Waals surface area (Å²) in [6, 6.07) is 32.3. The summed E-state index contributed by atoms with van der Waals surface area (Å²) < 4.78 is 14.1. The maximum absolute atomic E-state index is 12.6. The standard InChI is InChI=1S/C21H26ClN5O3.C20H22ClN5O4.C16H18ClN5O.C4H5ClO3.ClH/c1-21(2,3)30-20(29)23-16-6-4-15(5-7-16)14-19(28)27-12-10-26(11-13-27)18-9-8-17(22)24-25-18;1-14(27)30-13-19(28)22-16-4-2-15(3-5-16)12-20(29)26-10-8-25(9-11-26)18-7-6-17(21)23-24-18;17-14-5-6-15(20-19-14)21-7-9-22(10-8-21)16(23)11-12-1-3-13(18)4-2-12;1-3(6)8-2-4(5)7;/h4-9H,10-14H2,1-3H3,(H,23,29);2-7H,8-13H2,1H3,(H,22,28);1-6H,7-11,18H2;2H2,1H3;1H. The molecule has 9 rings (SSSR count). The number of nitrogen functional groups attached to an aromatic ring is 1. The van der Waals surface area contributed by atoms with E-state index in [-0.39, 0.29) is 49.8 Å². The van der Waals surface area contributed by atoms with Crippen molar-refractivity contribution in [3.05, 3.63) is 141 Å². The average Bonchev–Trinajstić information content (AvgIpc) is 1.40. The summed E-state index contributed by atoms with van der Waals surface area (Å²) in [7, 11) is 0. The third kappa shape index (κ3) is 26.6. The van der Waals surface area contributed by atoms with Crippen molar-refractivity contribution in [1.82, 2.24) is 45.3 Å². The maximum Gasteiger partial charge on any atom is 0.412 e. The van der Waals surface area contributed by atoms with Crippen LogP contribution in [0, 0.1) is 0 Å². The lowest BCUT2D eigenvalue weighted by Gasteiger charge is -2.35. The van der Waals surface area contributed by atoms with Crippen LogP contribution >= 0.6 is 58.8 Å². The number of carbonyl (C=O) groups excluding carboxylic acids is 8. The minimum absolute atomic E-state index is 0. The largest absolute Gasteiger partial charge is 0.456 e. The number of carbonyl (C=O) groups is 8. The van der Waals surface area contributed by atoms with Gasteiger partial charge in [-0.25, -0.2) is 4.79 Å². The molecule has 3 aromatic carbocycles. The van der Waals surface area contributed by atoms with Gasteiger partial charge in [0.15, 0.2) is 46.1 Å². The van der Waals surface area contributed by atoms with Crippen LogP contribution in [0.2, 0.25) is 15.5 Å². The van der Waals surface area contributed by atoms with Crippen molar-refractivity contribution in [1.29, 1.82) is 0 Å². The topological polar surface area (TPSA) is 311 Å². The van der Waals surface area contributed by atoms with Crippen LogP contribution in [0.25, 0.3) is 0 Å². The lowest BCUT2D eigenvalue weighted by Crippen LogP contribution is -2.49. The van der Waals surface area contributed by atoms with Crippen molar-refractivity contribution in [3.8, 4) is 0 Å². The minimum Gasteiger partial charge on any atom is -0.456 e. The lowest BCUT2D eigenvalue weighted by molar-refractivity contribution is -0.145. The summed E-state index contributed by atoms with van der Waals surface area (Å²) in [4.78, 5) is 103. The molecule has 3 aromatic heterocycles. The number of amides is 5. The van der Waals surface area contributed by atoms with Gasteiger partial charge in [-0.1, -0.05) is 71.2 Å². The van der Waals surface area contributed by atoms with Gasteiger partial charge in [-0.05, 0) is 122 Å². The Morgan fingerprint density at radius 1 is 0.457 bits per heavy atom. The molecule has 3 fully saturated rings. The molecule has 26 nitrogen and oxygen atoms in total. The van der Waals surface area contributed by atoms with E-state index in [9.17, 15) is 38.4 Å². The molecule has 0 radical (unpaired) electrons. The Labute approximate surface area is 558 Å². The van der Waals surface area contributed by atoms with Gasteiger partial charge >= 0.3 is 18.0 Å². The van der Waals surface area contributed by atoms with Crippen molar-refractivity contribution in [2.75, 3.05) is 123 Å². The molecule has 3 saturated heterocycles. The van der Waals surface area contributed by atoms with Crippen LogP contribution in [0.3, 0.4) is 0 Å². The minimum atomic E-state index is -0.666. The SMILES string of the molecule is CC(=O)OCC(=O)Cl.CC(=O)OCC(=O)Nc1ccc(CC(=O)N2CCN(c3ccc(Cl)nn3)CC2)cc1.CC(C)(C)OC(=O)Nc1ccc(CC(=O)N2CCN(c3ccc(Cl)nn3)CC2)cc1.Cl.Nc1ccc(CC(=O)N2CCN(c3ccc(Cl)nn3)CC2)cc1. The second-order valence-electron chi connectivity index (χ2n) is 21.5. The third-order valence-corrected chi connectivity index (χ3v) is 14.1. The maximum atomic E-state index is 12.6. The summed E-state index contributed by atoms with van der Waals surface area (Å²) in [6.45, 7) is 15.3. The molecular weight excluding hydrogens is 1300 g/mol. The van der Waals surface area contributed by atoms with Crippen LogP contribution in [0.1, 0.15) is 51.3 Å². The first-order chi connectivity index (χ1) is 43.3. The van der Waals surface area contributed by atoms with Crippen LogP contribution in [-0.2, 0) is 67.0 Å². The van der Waals surface area contributed by atoms with Crippen LogP contribution in [0.4, 0.5) is 39.3 Å². The first-order valence-electron chi connectivity index (χ1n) is 28.7. The predicted molar refractivity (Wildman–Crippen MR) is 352 cm³/mol. The smallest absolute Gasteiger partial charge is 0.412 e. The predicted octanol–water partition coefficient (Wildman–Crippen LogP) is 7.23. The highest BCUT2D eigenvalue weighted by Crippen LogP contribution is 2.21. The molecular formula is C61H72Cl5N15O11. The number of nitrogens with zero attached hydrogens (tertiary/aromatic N) is 12. The fraction of sp³-hybridized carbons (Fsp3) is 0.377. The van der Waals surface area contributed by atoms with Crippen LogP contribution in [-0.4, -0.2) is 190 Å². The van der Waals surface area contributed by atoms with Gasteiger partial charge in [0.1, 0.15) is 5.60 Å². The molecule has 492 valence electrons. The van der Waals surface area contributed by atoms with E-state index in [0.717, 1.165) is 47.2 Å². The van der Waals surface area contributed by atoms with Gasteiger partial charge in [-0.2, -0.15) is 0 Å². The van der Waals surface area contributed by atoms with Gasteiger partial charge in [-0.15, -0.1) is 43.0 Å². The number of ether oxygens (including phenoxy) is 3. The van der Waals surface area contributed by atoms with Crippen molar-refractivity contribution in [2.24, 2.45) is 0 Å².